The molecule has 1 aromatic heterocycles. The molecule has 2 rings (SSSR count). The van der Waals surface area contributed by atoms with Crippen molar-refractivity contribution in [3.05, 3.63) is 17.0 Å². The number of rotatable bonds is 3. The normalized spacial score (nSPS) is 22.9. The SMILES string of the molecule is Cc1nn(C)c(C)c1C(=O)N1C[C@@H](CO)[C@H](N(C)C)C1. The van der Waals surface area contributed by atoms with Gasteiger partial charge in [-0.25, -0.2) is 0 Å². The fraction of sp³-hybridized carbons (Fsp3) is 0.714. The van der Waals surface area contributed by atoms with Crippen molar-refractivity contribution in [3.8, 4) is 0 Å². The number of aryl methyl sites for hydroxylation is 2. The largest absolute Gasteiger partial charge is 0.396 e. The first-order valence-electron chi connectivity index (χ1n) is 6.93. The molecule has 0 spiro atoms. The standard InChI is InChI=1S/C14H24N4O2/c1-9-13(10(2)17(5)15-9)14(20)18-6-11(8-19)12(7-18)16(3)4/h11-12,19H,6-8H2,1-5H3/t11-,12+/m0/s1. The summed E-state index contributed by atoms with van der Waals surface area (Å²) in [7, 11) is 5.83. The summed E-state index contributed by atoms with van der Waals surface area (Å²) in [5, 5.41) is 13.8. The Morgan fingerprint density at radius 3 is 2.45 bits per heavy atom. The minimum Gasteiger partial charge on any atom is -0.396 e. The van der Waals surface area contributed by atoms with Crippen molar-refractivity contribution in [1.29, 1.82) is 0 Å². The Kier molecular flexibility index (Phi) is 4.15. The molecule has 6 heteroatoms. The van der Waals surface area contributed by atoms with E-state index in [4.69, 9.17) is 0 Å². The van der Waals surface area contributed by atoms with Crippen LogP contribution in [0.3, 0.4) is 0 Å². The van der Waals surface area contributed by atoms with E-state index in [-0.39, 0.29) is 24.5 Å². The van der Waals surface area contributed by atoms with Gasteiger partial charge in [-0.2, -0.15) is 5.10 Å². The van der Waals surface area contributed by atoms with Crippen LogP contribution in [0.4, 0.5) is 0 Å². The summed E-state index contributed by atoms with van der Waals surface area (Å²) in [6.07, 6.45) is 0. The van der Waals surface area contributed by atoms with Crippen LogP contribution in [0.25, 0.3) is 0 Å². The van der Waals surface area contributed by atoms with Crippen molar-refractivity contribution in [2.75, 3.05) is 33.8 Å². The lowest BCUT2D eigenvalue weighted by atomic mass is 10.0. The van der Waals surface area contributed by atoms with Crippen molar-refractivity contribution in [3.63, 3.8) is 0 Å². The Labute approximate surface area is 120 Å². The quantitative estimate of drug-likeness (QED) is 0.849. The molecule has 0 radical (unpaired) electrons. The van der Waals surface area contributed by atoms with Gasteiger partial charge in [0.1, 0.15) is 0 Å². The second-order valence-corrected chi connectivity index (χ2v) is 5.85. The minimum atomic E-state index is 0.0240. The summed E-state index contributed by atoms with van der Waals surface area (Å²) in [6.45, 7) is 5.15. The zero-order chi connectivity index (χ0) is 15.0. The fourth-order valence-corrected chi connectivity index (χ4v) is 3.03. The third-order valence-corrected chi connectivity index (χ3v) is 4.31. The van der Waals surface area contributed by atoms with Gasteiger partial charge < -0.3 is 14.9 Å². The number of carbonyl (C=O) groups is 1. The summed E-state index contributed by atoms with van der Waals surface area (Å²) >= 11 is 0. The molecular weight excluding hydrogens is 256 g/mol. The monoisotopic (exact) mass is 280 g/mol. The van der Waals surface area contributed by atoms with Crippen LogP contribution in [0.2, 0.25) is 0 Å². The molecule has 6 nitrogen and oxygen atoms in total. The number of carbonyl (C=O) groups excluding carboxylic acids is 1. The van der Waals surface area contributed by atoms with Gasteiger partial charge in [-0.15, -0.1) is 0 Å². The van der Waals surface area contributed by atoms with Crippen molar-refractivity contribution in [2.45, 2.75) is 19.9 Å². The predicted octanol–water partition coefficient (Wildman–Crippen LogP) is 0.0314. The van der Waals surface area contributed by atoms with E-state index >= 15 is 0 Å². The van der Waals surface area contributed by atoms with Gasteiger partial charge in [-0.05, 0) is 27.9 Å². The number of aromatic nitrogens is 2. The molecule has 1 aliphatic rings. The van der Waals surface area contributed by atoms with Crippen LogP contribution in [0.1, 0.15) is 21.7 Å². The van der Waals surface area contributed by atoms with E-state index in [1.54, 1.807) is 4.68 Å². The molecule has 1 N–H and O–H groups in total. The van der Waals surface area contributed by atoms with Gasteiger partial charge in [-0.3, -0.25) is 9.48 Å². The molecule has 112 valence electrons. The molecule has 0 aromatic carbocycles. The number of aliphatic hydroxyl groups excluding tert-OH is 1. The van der Waals surface area contributed by atoms with Gasteiger partial charge in [0.15, 0.2) is 0 Å². The molecule has 1 amide bonds. The Morgan fingerprint density at radius 2 is 2.05 bits per heavy atom. The zero-order valence-electron chi connectivity index (χ0n) is 12.9. The van der Waals surface area contributed by atoms with E-state index in [1.807, 2.05) is 39.9 Å². The number of hydrogen-bond donors (Lipinski definition) is 1. The number of hydrogen-bond acceptors (Lipinski definition) is 4. The van der Waals surface area contributed by atoms with Crippen molar-refractivity contribution >= 4 is 5.91 Å². The zero-order valence-corrected chi connectivity index (χ0v) is 12.9. The molecule has 2 atom stereocenters. The number of nitrogens with zero attached hydrogens (tertiary/aromatic N) is 4. The molecule has 0 saturated carbocycles. The van der Waals surface area contributed by atoms with Crippen molar-refractivity contribution in [2.24, 2.45) is 13.0 Å². The first kappa shape index (κ1) is 15.0. The summed E-state index contributed by atoms with van der Waals surface area (Å²) in [4.78, 5) is 16.6. The highest BCUT2D eigenvalue weighted by molar-refractivity contribution is 5.96. The third-order valence-electron chi connectivity index (χ3n) is 4.31. The highest BCUT2D eigenvalue weighted by Gasteiger charge is 2.37. The molecule has 1 aliphatic heterocycles. The van der Waals surface area contributed by atoms with Crippen LogP contribution in [0, 0.1) is 19.8 Å². The fourth-order valence-electron chi connectivity index (χ4n) is 3.03. The number of amides is 1. The van der Waals surface area contributed by atoms with Gasteiger partial charge in [0, 0.05) is 44.4 Å². The van der Waals surface area contributed by atoms with E-state index in [0.717, 1.165) is 11.4 Å². The summed E-state index contributed by atoms with van der Waals surface area (Å²) in [5.74, 6) is 0.141. The predicted molar refractivity (Wildman–Crippen MR) is 76.6 cm³/mol. The molecule has 2 heterocycles. The van der Waals surface area contributed by atoms with Crippen LogP contribution < -0.4 is 0 Å². The maximum absolute atomic E-state index is 12.7. The minimum absolute atomic E-state index is 0.0240. The molecule has 1 saturated heterocycles. The average molecular weight is 280 g/mol. The lowest BCUT2D eigenvalue weighted by molar-refractivity contribution is 0.0777. The van der Waals surface area contributed by atoms with E-state index in [2.05, 4.69) is 10.00 Å². The first-order valence-corrected chi connectivity index (χ1v) is 6.93. The Morgan fingerprint density at radius 1 is 1.40 bits per heavy atom. The van der Waals surface area contributed by atoms with Crippen molar-refractivity contribution < 1.29 is 9.90 Å². The van der Waals surface area contributed by atoms with Crippen LogP contribution in [-0.2, 0) is 7.05 Å². The van der Waals surface area contributed by atoms with E-state index < -0.39 is 0 Å². The summed E-state index contributed by atoms with van der Waals surface area (Å²) in [5.41, 5.74) is 2.36. The summed E-state index contributed by atoms with van der Waals surface area (Å²) in [6, 6.07) is 0.209. The lowest BCUT2D eigenvalue weighted by Crippen LogP contribution is -2.37. The van der Waals surface area contributed by atoms with E-state index in [0.29, 0.717) is 18.7 Å². The molecule has 0 unspecified atom stereocenters. The second-order valence-electron chi connectivity index (χ2n) is 5.85. The van der Waals surface area contributed by atoms with E-state index in [9.17, 15) is 9.90 Å². The Balaban J connectivity index is 2.23. The maximum Gasteiger partial charge on any atom is 0.257 e. The Bertz CT molecular complexity index is 510. The van der Waals surface area contributed by atoms with Gasteiger partial charge in [0.2, 0.25) is 0 Å². The second kappa shape index (κ2) is 5.54. The van der Waals surface area contributed by atoms with Crippen LogP contribution in [0.5, 0.6) is 0 Å². The number of likely N-dealkylation sites (tertiary alicyclic amines) is 1. The number of likely N-dealkylation sites (N-methyl/N-ethyl adjacent to an activating group) is 1. The lowest BCUT2D eigenvalue weighted by Gasteiger charge is -2.23. The van der Waals surface area contributed by atoms with E-state index in [1.165, 1.54) is 0 Å². The molecule has 0 aliphatic carbocycles. The molecule has 0 bridgehead atoms. The highest BCUT2D eigenvalue weighted by atomic mass is 16.3. The van der Waals surface area contributed by atoms with Crippen LogP contribution in [0.15, 0.2) is 0 Å². The summed E-state index contributed by atoms with van der Waals surface area (Å²) < 4.78 is 1.74. The van der Waals surface area contributed by atoms with Gasteiger partial charge in [-0.1, -0.05) is 0 Å². The third kappa shape index (κ3) is 2.45. The van der Waals surface area contributed by atoms with Crippen LogP contribution >= 0.6 is 0 Å². The highest BCUT2D eigenvalue weighted by Crippen LogP contribution is 2.24. The number of aliphatic hydroxyl groups is 1. The maximum atomic E-state index is 12.7. The molecule has 20 heavy (non-hydrogen) atoms. The smallest absolute Gasteiger partial charge is 0.257 e. The van der Waals surface area contributed by atoms with Gasteiger partial charge in [0.05, 0.1) is 11.3 Å². The first-order chi connectivity index (χ1) is 9.36. The molecule has 1 fully saturated rings. The van der Waals surface area contributed by atoms with Gasteiger partial charge >= 0.3 is 0 Å². The van der Waals surface area contributed by atoms with Gasteiger partial charge in [0.25, 0.3) is 5.91 Å². The van der Waals surface area contributed by atoms with Crippen LogP contribution in [-0.4, -0.2) is 70.4 Å². The topological polar surface area (TPSA) is 61.6 Å². The van der Waals surface area contributed by atoms with Crippen molar-refractivity contribution in [1.82, 2.24) is 19.6 Å². The molecular formula is C14H24N4O2. The average Bonchev–Trinajstić information content (AvgIpc) is 2.91. The Hall–Kier alpha value is -1.40. The molecule has 1 aromatic rings.